The van der Waals surface area contributed by atoms with Gasteiger partial charge in [0.15, 0.2) is 0 Å². The SMILES string of the molecule is COc1cccc(-c2cnc(N)nc2[C@@H]2CCCN2C(=O)c2cccc(-n3nc(C)cc3C)c2)c1. The maximum atomic E-state index is 13.7. The third-order valence-corrected chi connectivity index (χ3v) is 6.39. The van der Waals surface area contributed by atoms with Crippen molar-refractivity contribution in [3.05, 3.63) is 83.4 Å². The first-order valence-corrected chi connectivity index (χ1v) is 11.7. The highest BCUT2D eigenvalue weighted by Gasteiger charge is 2.34. The summed E-state index contributed by atoms with van der Waals surface area (Å²) < 4.78 is 7.26. The predicted octanol–water partition coefficient (Wildman–Crippen LogP) is 4.51. The molecule has 1 amide bonds. The van der Waals surface area contributed by atoms with Crippen molar-refractivity contribution in [3.8, 4) is 22.6 Å². The number of rotatable bonds is 5. The van der Waals surface area contributed by atoms with Crippen LogP contribution in [0.1, 0.15) is 46.3 Å². The van der Waals surface area contributed by atoms with E-state index >= 15 is 0 Å². The third-order valence-electron chi connectivity index (χ3n) is 6.39. The second-order valence-corrected chi connectivity index (χ2v) is 8.80. The van der Waals surface area contributed by atoms with Crippen LogP contribution in [0.25, 0.3) is 16.8 Å². The number of carbonyl (C=O) groups excluding carboxylic acids is 1. The van der Waals surface area contributed by atoms with Crippen LogP contribution in [0, 0.1) is 13.8 Å². The largest absolute Gasteiger partial charge is 0.497 e. The maximum absolute atomic E-state index is 13.7. The fourth-order valence-electron chi connectivity index (χ4n) is 4.80. The van der Waals surface area contributed by atoms with Gasteiger partial charge in [-0.05, 0) is 68.7 Å². The molecule has 5 rings (SSSR count). The first-order chi connectivity index (χ1) is 16.9. The van der Waals surface area contributed by atoms with Crippen molar-refractivity contribution in [3.63, 3.8) is 0 Å². The lowest BCUT2D eigenvalue weighted by molar-refractivity contribution is 0.0733. The molecule has 0 aliphatic carbocycles. The number of hydrogen-bond acceptors (Lipinski definition) is 6. The number of hydrogen-bond donors (Lipinski definition) is 1. The van der Waals surface area contributed by atoms with Crippen LogP contribution in [0.5, 0.6) is 5.75 Å². The highest BCUT2D eigenvalue weighted by atomic mass is 16.5. The number of nitrogens with zero attached hydrogens (tertiary/aromatic N) is 5. The molecule has 1 aliphatic heterocycles. The number of ether oxygens (including phenoxy) is 1. The zero-order valence-electron chi connectivity index (χ0n) is 20.1. The second kappa shape index (κ2) is 9.21. The van der Waals surface area contributed by atoms with Crippen LogP contribution in [0.2, 0.25) is 0 Å². The quantitative estimate of drug-likeness (QED) is 0.463. The molecule has 35 heavy (non-hydrogen) atoms. The molecule has 2 N–H and O–H groups in total. The molecule has 1 aliphatic rings. The van der Waals surface area contributed by atoms with Crippen LogP contribution < -0.4 is 10.5 Å². The fraction of sp³-hybridized carbons (Fsp3) is 0.259. The smallest absolute Gasteiger partial charge is 0.254 e. The summed E-state index contributed by atoms with van der Waals surface area (Å²) in [5.41, 5.74) is 12.0. The first-order valence-electron chi connectivity index (χ1n) is 11.7. The van der Waals surface area contributed by atoms with Crippen molar-refractivity contribution >= 4 is 11.9 Å². The Labute approximate surface area is 204 Å². The highest BCUT2D eigenvalue weighted by Crippen LogP contribution is 2.38. The number of likely N-dealkylation sites (tertiary alicyclic amines) is 1. The number of anilines is 1. The van der Waals surface area contributed by atoms with E-state index in [4.69, 9.17) is 10.5 Å². The Morgan fingerprint density at radius 1 is 1.11 bits per heavy atom. The lowest BCUT2D eigenvalue weighted by atomic mass is 9.99. The highest BCUT2D eigenvalue weighted by molar-refractivity contribution is 5.95. The topological polar surface area (TPSA) is 99.2 Å². The average molecular weight is 469 g/mol. The minimum Gasteiger partial charge on any atom is -0.497 e. The molecule has 1 saturated heterocycles. The van der Waals surface area contributed by atoms with Gasteiger partial charge in [0.2, 0.25) is 5.95 Å². The Morgan fingerprint density at radius 2 is 1.94 bits per heavy atom. The zero-order chi connectivity index (χ0) is 24.5. The van der Waals surface area contributed by atoms with Gasteiger partial charge in [-0.2, -0.15) is 5.10 Å². The lowest BCUT2D eigenvalue weighted by Gasteiger charge is -2.26. The third kappa shape index (κ3) is 4.35. The Kier molecular flexibility index (Phi) is 5.94. The van der Waals surface area contributed by atoms with Crippen molar-refractivity contribution in [2.45, 2.75) is 32.7 Å². The summed E-state index contributed by atoms with van der Waals surface area (Å²) in [6, 6.07) is 17.2. The predicted molar refractivity (Wildman–Crippen MR) is 134 cm³/mol. The average Bonchev–Trinajstić information content (AvgIpc) is 3.49. The molecule has 0 bridgehead atoms. The normalized spacial score (nSPS) is 15.4. The lowest BCUT2D eigenvalue weighted by Crippen LogP contribution is -2.31. The number of carbonyl (C=O) groups is 1. The van der Waals surface area contributed by atoms with Gasteiger partial charge in [-0.25, -0.2) is 14.6 Å². The van der Waals surface area contributed by atoms with Gasteiger partial charge in [-0.1, -0.05) is 18.2 Å². The van der Waals surface area contributed by atoms with E-state index < -0.39 is 0 Å². The van der Waals surface area contributed by atoms with Crippen LogP contribution in [0.15, 0.2) is 60.8 Å². The van der Waals surface area contributed by atoms with E-state index in [9.17, 15) is 4.79 Å². The Hall–Kier alpha value is -4.20. The Bertz CT molecular complexity index is 1400. The summed E-state index contributed by atoms with van der Waals surface area (Å²) in [5.74, 6) is 0.896. The van der Waals surface area contributed by atoms with Gasteiger partial charge in [0, 0.05) is 29.6 Å². The molecule has 1 fully saturated rings. The van der Waals surface area contributed by atoms with Gasteiger partial charge in [-0.15, -0.1) is 0 Å². The Balaban J connectivity index is 1.51. The molecule has 0 saturated carbocycles. The molecule has 0 radical (unpaired) electrons. The van der Waals surface area contributed by atoms with E-state index in [1.807, 2.05) is 78.0 Å². The van der Waals surface area contributed by atoms with Crippen molar-refractivity contribution in [2.75, 3.05) is 19.4 Å². The van der Waals surface area contributed by atoms with Crippen LogP contribution in [0.3, 0.4) is 0 Å². The van der Waals surface area contributed by atoms with Crippen LogP contribution >= 0.6 is 0 Å². The van der Waals surface area contributed by atoms with E-state index in [2.05, 4.69) is 15.1 Å². The molecule has 2 aromatic carbocycles. The number of nitrogen functional groups attached to an aromatic ring is 1. The molecule has 2 aromatic heterocycles. The van der Waals surface area contributed by atoms with Crippen molar-refractivity contribution in [1.82, 2.24) is 24.6 Å². The number of amides is 1. The minimum absolute atomic E-state index is 0.0374. The molecular weight excluding hydrogens is 440 g/mol. The van der Waals surface area contributed by atoms with Crippen molar-refractivity contribution in [1.29, 1.82) is 0 Å². The van der Waals surface area contributed by atoms with Gasteiger partial charge in [0.25, 0.3) is 5.91 Å². The maximum Gasteiger partial charge on any atom is 0.254 e. The van der Waals surface area contributed by atoms with Crippen molar-refractivity contribution in [2.24, 2.45) is 0 Å². The standard InChI is InChI=1S/C27H28N6O2/c1-17-13-18(2)33(31-17)21-9-4-8-20(14-21)26(34)32-12-6-11-24(32)25-23(16-29-27(28)30-25)19-7-5-10-22(15-19)35-3/h4-5,7-10,13-16,24H,6,11-12H2,1-3H3,(H2,28,29,30)/t24-/m0/s1. The summed E-state index contributed by atoms with van der Waals surface area (Å²) >= 11 is 0. The van der Waals surface area contributed by atoms with Crippen molar-refractivity contribution < 1.29 is 9.53 Å². The fourth-order valence-corrected chi connectivity index (χ4v) is 4.80. The molecule has 0 spiro atoms. The van der Waals surface area contributed by atoms with E-state index in [1.54, 1.807) is 13.3 Å². The van der Waals surface area contributed by atoms with E-state index in [0.29, 0.717) is 12.1 Å². The molecule has 3 heterocycles. The Morgan fingerprint density at radius 3 is 2.71 bits per heavy atom. The number of nitrogens with two attached hydrogens (primary N) is 1. The van der Waals surface area contributed by atoms with E-state index in [0.717, 1.165) is 52.5 Å². The molecule has 4 aromatic rings. The molecule has 178 valence electrons. The number of aryl methyl sites for hydroxylation is 2. The van der Waals surface area contributed by atoms with Gasteiger partial charge in [0.1, 0.15) is 5.75 Å². The summed E-state index contributed by atoms with van der Waals surface area (Å²) in [6.45, 7) is 4.61. The van der Waals surface area contributed by atoms with Gasteiger partial charge >= 0.3 is 0 Å². The first kappa shape index (κ1) is 22.6. The van der Waals surface area contributed by atoms with Crippen LogP contribution in [-0.4, -0.2) is 44.2 Å². The number of methoxy groups -OCH3 is 1. The minimum atomic E-state index is -0.202. The second-order valence-electron chi connectivity index (χ2n) is 8.80. The van der Waals surface area contributed by atoms with Crippen LogP contribution in [-0.2, 0) is 0 Å². The van der Waals surface area contributed by atoms with E-state index in [1.165, 1.54) is 0 Å². The summed E-state index contributed by atoms with van der Waals surface area (Å²) in [4.78, 5) is 24.5. The zero-order valence-corrected chi connectivity index (χ0v) is 20.1. The molecule has 0 unspecified atom stereocenters. The number of benzene rings is 2. The number of aromatic nitrogens is 4. The summed E-state index contributed by atoms with van der Waals surface area (Å²) in [5, 5.41) is 4.56. The monoisotopic (exact) mass is 468 g/mol. The summed E-state index contributed by atoms with van der Waals surface area (Å²) in [7, 11) is 1.64. The van der Waals surface area contributed by atoms with E-state index in [-0.39, 0.29) is 17.9 Å². The summed E-state index contributed by atoms with van der Waals surface area (Å²) in [6.07, 6.45) is 3.42. The molecule has 8 heteroatoms. The molecule has 8 nitrogen and oxygen atoms in total. The van der Waals surface area contributed by atoms with Gasteiger partial charge in [0.05, 0.1) is 30.2 Å². The van der Waals surface area contributed by atoms with Crippen LogP contribution in [0.4, 0.5) is 5.95 Å². The molecule has 1 atom stereocenters. The molecular formula is C27H28N6O2. The van der Waals surface area contributed by atoms with Gasteiger partial charge < -0.3 is 15.4 Å². The van der Waals surface area contributed by atoms with Gasteiger partial charge in [-0.3, -0.25) is 4.79 Å².